The number of hydrogen-bond donors (Lipinski definition) is 0. The molecular weight excluding hydrogens is 272 g/mol. The summed E-state index contributed by atoms with van der Waals surface area (Å²) in [6.45, 7) is 5.33. The third-order valence-electron chi connectivity index (χ3n) is 2.89. The summed E-state index contributed by atoms with van der Waals surface area (Å²) < 4.78 is 5.74. The van der Waals surface area contributed by atoms with Crippen molar-refractivity contribution in [1.82, 2.24) is 0 Å². The smallest absolute Gasteiger partial charge is 0.0753 e. The first-order valence-electron chi connectivity index (χ1n) is 5.57. The van der Waals surface area contributed by atoms with Crippen LogP contribution in [0.5, 0.6) is 0 Å². The fraction of sp³-hybridized carbons (Fsp3) is 0.667. The lowest BCUT2D eigenvalue weighted by Crippen LogP contribution is -2.12. The molecule has 1 aliphatic heterocycles. The zero-order valence-electron chi connectivity index (χ0n) is 9.25. The Morgan fingerprint density at radius 3 is 3.07 bits per heavy atom. The molecule has 1 saturated heterocycles. The molecule has 0 N–H and O–H groups in total. The Morgan fingerprint density at radius 2 is 2.47 bits per heavy atom. The van der Waals surface area contributed by atoms with Crippen molar-refractivity contribution in [3.63, 3.8) is 0 Å². The number of rotatable bonds is 3. The van der Waals surface area contributed by atoms with Crippen LogP contribution < -0.4 is 0 Å². The lowest BCUT2D eigenvalue weighted by molar-refractivity contribution is 0.111. The minimum absolute atomic E-state index is 0.383. The lowest BCUT2D eigenvalue weighted by atomic mass is 10.1. The standard InChI is InChI=1S/C12H17BrOS/c1-3-9-7-8(2)15-12(9)11(13)10-5-4-6-14-10/h7,10-11H,3-6H2,1-2H3. The molecule has 1 aromatic heterocycles. The second kappa shape index (κ2) is 4.98. The minimum Gasteiger partial charge on any atom is -0.377 e. The summed E-state index contributed by atoms with van der Waals surface area (Å²) in [5.41, 5.74) is 1.48. The van der Waals surface area contributed by atoms with Crippen LogP contribution in [0.15, 0.2) is 6.07 Å². The third-order valence-corrected chi connectivity index (χ3v) is 5.41. The molecule has 1 aliphatic rings. The van der Waals surface area contributed by atoms with Gasteiger partial charge in [0.2, 0.25) is 0 Å². The predicted octanol–water partition coefficient (Wildman–Crippen LogP) is 4.23. The van der Waals surface area contributed by atoms with Crippen molar-refractivity contribution < 1.29 is 4.74 Å². The Kier molecular flexibility index (Phi) is 3.86. The highest BCUT2D eigenvalue weighted by molar-refractivity contribution is 9.09. The quantitative estimate of drug-likeness (QED) is 0.756. The summed E-state index contributed by atoms with van der Waals surface area (Å²) in [7, 11) is 0. The van der Waals surface area contributed by atoms with Crippen LogP contribution in [0.3, 0.4) is 0 Å². The fourth-order valence-electron chi connectivity index (χ4n) is 2.10. The molecule has 1 nitrogen and oxygen atoms in total. The van der Waals surface area contributed by atoms with Gasteiger partial charge in [-0.25, -0.2) is 0 Å². The van der Waals surface area contributed by atoms with E-state index in [9.17, 15) is 0 Å². The summed E-state index contributed by atoms with van der Waals surface area (Å²) in [6, 6.07) is 2.31. The van der Waals surface area contributed by atoms with Gasteiger partial charge in [-0.2, -0.15) is 0 Å². The summed E-state index contributed by atoms with van der Waals surface area (Å²) >= 11 is 5.71. The van der Waals surface area contributed by atoms with Crippen molar-refractivity contribution >= 4 is 27.3 Å². The zero-order chi connectivity index (χ0) is 10.8. The first-order valence-corrected chi connectivity index (χ1v) is 7.30. The molecule has 2 rings (SSSR count). The number of halogens is 1. The molecule has 84 valence electrons. The monoisotopic (exact) mass is 288 g/mol. The molecule has 15 heavy (non-hydrogen) atoms. The van der Waals surface area contributed by atoms with E-state index in [0.717, 1.165) is 13.0 Å². The van der Waals surface area contributed by atoms with Crippen LogP contribution in [0.4, 0.5) is 0 Å². The van der Waals surface area contributed by atoms with Gasteiger partial charge in [-0.05, 0) is 37.8 Å². The Labute approximate surface area is 104 Å². The fourth-order valence-corrected chi connectivity index (χ4v) is 4.23. The number of thiophene rings is 1. The molecule has 0 aliphatic carbocycles. The van der Waals surface area contributed by atoms with E-state index in [0.29, 0.717) is 10.9 Å². The van der Waals surface area contributed by atoms with Gasteiger partial charge in [0.15, 0.2) is 0 Å². The van der Waals surface area contributed by atoms with Crippen LogP contribution in [-0.2, 0) is 11.2 Å². The van der Waals surface area contributed by atoms with Crippen LogP contribution in [0.1, 0.15) is 39.9 Å². The summed E-state index contributed by atoms with van der Waals surface area (Å²) in [5.74, 6) is 0. The maximum atomic E-state index is 5.74. The highest BCUT2D eigenvalue weighted by Crippen LogP contribution is 2.39. The van der Waals surface area contributed by atoms with Gasteiger partial charge in [0.25, 0.3) is 0 Å². The van der Waals surface area contributed by atoms with Gasteiger partial charge < -0.3 is 4.74 Å². The van der Waals surface area contributed by atoms with Crippen molar-refractivity contribution in [2.45, 2.75) is 44.0 Å². The summed E-state index contributed by atoms with van der Waals surface area (Å²) in [5, 5.41) is 0. The van der Waals surface area contributed by atoms with Gasteiger partial charge in [0, 0.05) is 16.4 Å². The van der Waals surface area contributed by atoms with Crippen molar-refractivity contribution in [2.24, 2.45) is 0 Å². The van der Waals surface area contributed by atoms with E-state index < -0.39 is 0 Å². The van der Waals surface area contributed by atoms with Gasteiger partial charge in [0.1, 0.15) is 0 Å². The zero-order valence-corrected chi connectivity index (χ0v) is 11.7. The normalized spacial score (nSPS) is 23.3. The second-order valence-electron chi connectivity index (χ2n) is 4.05. The number of alkyl halides is 1. The molecule has 2 atom stereocenters. The summed E-state index contributed by atoms with van der Waals surface area (Å²) in [4.78, 5) is 3.28. The van der Waals surface area contributed by atoms with E-state index >= 15 is 0 Å². The van der Waals surface area contributed by atoms with Crippen LogP contribution in [-0.4, -0.2) is 12.7 Å². The van der Waals surface area contributed by atoms with Crippen LogP contribution in [0.25, 0.3) is 0 Å². The average Bonchev–Trinajstić information content (AvgIpc) is 2.84. The second-order valence-corrected chi connectivity index (χ2v) is 6.33. The first-order chi connectivity index (χ1) is 7.22. The topological polar surface area (TPSA) is 9.23 Å². The number of aryl methyl sites for hydroxylation is 2. The van der Waals surface area contributed by atoms with Crippen molar-refractivity contribution in [2.75, 3.05) is 6.61 Å². The molecule has 1 fully saturated rings. The SMILES string of the molecule is CCc1cc(C)sc1C(Br)C1CCCO1. The third kappa shape index (κ3) is 2.45. The van der Waals surface area contributed by atoms with Crippen LogP contribution >= 0.6 is 27.3 Å². The van der Waals surface area contributed by atoms with Gasteiger partial charge in [0.05, 0.1) is 10.9 Å². The van der Waals surface area contributed by atoms with Crippen molar-refractivity contribution in [3.05, 3.63) is 21.4 Å². The molecule has 3 heteroatoms. The first kappa shape index (κ1) is 11.6. The average molecular weight is 289 g/mol. The number of hydrogen-bond acceptors (Lipinski definition) is 2. The predicted molar refractivity (Wildman–Crippen MR) is 69.1 cm³/mol. The van der Waals surface area contributed by atoms with E-state index in [-0.39, 0.29) is 0 Å². The van der Waals surface area contributed by atoms with E-state index in [4.69, 9.17) is 4.74 Å². The molecule has 0 bridgehead atoms. The van der Waals surface area contributed by atoms with E-state index in [1.54, 1.807) is 0 Å². The van der Waals surface area contributed by atoms with E-state index in [1.165, 1.54) is 28.2 Å². The molecule has 0 saturated carbocycles. The van der Waals surface area contributed by atoms with Crippen molar-refractivity contribution in [3.8, 4) is 0 Å². The molecule has 2 heterocycles. The Bertz CT molecular complexity index is 328. The molecule has 0 radical (unpaired) electrons. The highest BCUT2D eigenvalue weighted by Gasteiger charge is 2.27. The van der Waals surface area contributed by atoms with Crippen molar-refractivity contribution in [1.29, 1.82) is 0 Å². The van der Waals surface area contributed by atoms with E-state index in [2.05, 4.69) is 35.8 Å². The van der Waals surface area contributed by atoms with Gasteiger partial charge >= 0.3 is 0 Å². The van der Waals surface area contributed by atoms with Crippen LogP contribution in [0.2, 0.25) is 0 Å². The van der Waals surface area contributed by atoms with E-state index in [1.807, 2.05) is 11.3 Å². The Balaban J connectivity index is 2.19. The number of ether oxygens (including phenoxy) is 1. The Morgan fingerprint density at radius 1 is 1.67 bits per heavy atom. The van der Waals surface area contributed by atoms with Gasteiger partial charge in [-0.15, -0.1) is 11.3 Å². The van der Waals surface area contributed by atoms with Gasteiger partial charge in [-0.3, -0.25) is 0 Å². The summed E-state index contributed by atoms with van der Waals surface area (Å²) in [6.07, 6.45) is 3.90. The highest BCUT2D eigenvalue weighted by atomic mass is 79.9. The maximum absolute atomic E-state index is 5.74. The largest absolute Gasteiger partial charge is 0.377 e. The molecular formula is C12H17BrOS. The molecule has 2 unspecified atom stereocenters. The maximum Gasteiger partial charge on any atom is 0.0753 e. The lowest BCUT2D eigenvalue weighted by Gasteiger charge is -2.16. The molecule has 1 aromatic rings. The van der Waals surface area contributed by atoms with Gasteiger partial charge in [-0.1, -0.05) is 22.9 Å². The molecule has 0 spiro atoms. The molecule has 0 amide bonds. The molecule has 0 aromatic carbocycles. The van der Waals surface area contributed by atoms with Crippen LogP contribution in [0, 0.1) is 6.92 Å². The Hall–Kier alpha value is 0.140. The minimum atomic E-state index is 0.383.